The zero-order valence-electron chi connectivity index (χ0n) is 13.4. The van der Waals surface area contributed by atoms with E-state index in [0.717, 1.165) is 10.1 Å². The van der Waals surface area contributed by atoms with Crippen LogP contribution in [0.1, 0.15) is 48.0 Å². The molecule has 7 radical (unpaired) electrons. The second-order valence-corrected chi connectivity index (χ2v) is 4.71. The van der Waals surface area contributed by atoms with Crippen molar-refractivity contribution in [3.63, 3.8) is 0 Å². The summed E-state index contributed by atoms with van der Waals surface area (Å²) in [5.41, 5.74) is -0.572. The van der Waals surface area contributed by atoms with Gasteiger partial charge in [-0.2, -0.15) is 38.1 Å². The van der Waals surface area contributed by atoms with Gasteiger partial charge < -0.3 is 5.06 Å². The van der Waals surface area contributed by atoms with E-state index in [2.05, 4.69) is 0 Å². The summed E-state index contributed by atoms with van der Waals surface area (Å²) in [6, 6.07) is 1.36. The van der Waals surface area contributed by atoms with Crippen molar-refractivity contribution in [2.75, 3.05) is 0 Å². The van der Waals surface area contributed by atoms with E-state index in [1.807, 2.05) is 13.8 Å². The van der Waals surface area contributed by atoms with Gasteiger partial charge in [0, 0.05) is 164 Å². The van der Waals surface area contributed by atoms with Gasteiger partial charge in [0.25, 0.3) is 0 Å². The molecule has 0 amide bonds. The molecule has 0 aromatic rings. The smallest absolute Gasteiger partial charge is 0 e. The van der Waals surface area contributed by atoms with Crippen LogP contribution in [0.3, 0.4) is 0 Å². The summed E-state index contributed by atoms with van der Waals surface area (Å²) >= 11 is 0. The molecule has 0 rings (SSSR count). The fourth-order valence-corrected chi connectivity index (χ4v) is 1.18. The molecule has 0 bridgehead atoms. The molecule has 0 spiro atoms. The molecule has 0 aliphatic rings. The van der Waals surface area contributed by atoms with E-state index in [9.17, 15) is 10.4 Å². The van der Waals surface area contributed by atoms with Crippen LogP contribution >= 0.6 is 0 Å². The van der Waals surface area contributed by atoms with Crippen molar-refractivity contribution in [3.8, 4) is 0 Å². The summed E-state index contributed by atoms with van der Waals surface area (Å²) in [4.78, 5) is 0. The van der Waals surface area contributed by atoms with Gasteiger partial charge in [0.05, 0.1) is 0 Å². The fourth-order valence-electron chi connectivity index (χ4n) is 1.18. The van der Waals surface area contributed by atoms with Gasteiger partial charge in [0.2, 0.25) is 0 Å². The van der Waals surface area contributed by atoms with E-state index in [4.69, 9.17) is 0 Å². The van der Waals surface area contributed by atoms with Crippen LogP contribution in [0.25, 0.3) is 0 Å². The predicted molar refractivity (Wildman–Crippen MR) is 57.2 cm³/mol. The maximum atomic E-state index is 11.7. The Morgan fingerprint density at radius 3 is 1.45 bits per heavy atom. The Hall–Kier alpha value is 5.36. The average Bonchev–Trinajstić information content (AvgIpc) is 2.12. The number of hydrogen-bond donors (Lipinski definition) is 0. The van der Waals surface area contributed by atoms with E-state index in [1.165, 1.54) is 6.54 Å². The largest absolute Gasteiger partial charge is 0.450 e. The van der Waals surface area contributed by atoms with E-state index in [0.29, 0.717) is 18.5 Å². The quantitative estimate of drug-likeness (QED) is 0.326. The molecule has 0 unspecified atom stereocenters. The SMILES string of the molecule is C[C-](C)N([O])[CH-]CC(C)(C)N([O])[C-](C)C.[Y].[Y].[Y].[Y].[Y]. The minimum absolute atomic E-state index is 0. The first-order valence-corrected chi connectivity index (χ1v) is 5.06. The molecule has 0 N–H and O–H groups in total. The summed E-state index contributed by atoms with van der Waals surface area (Å²) in [5, 5.41) is 24.7. The summed E-state index contributed by atoms with van der Waals surface area (Å²) in [5.74, 6) is 0. The van der Waals surface area contributed by atoms with Crippen LogP contribution in [0.4, 0.5) is 0 Å². The molecule has 20 heavy (non-hydrogen) atoms. The summed E-state index contributed by atoms with van der Waals surface area (Å²) in [7, 11) is 0. The van der Waals surface area contributed by atoms with Crippen molar-refractivity contribution in [3.05, 3.63) is 18.6 Å². The predicted octanol–water partition coefficient (Wildman–Crippen LogP) is 2.74. The van der Waals surface area contributed by atoms with Gasteiger partial charge in [-0.1, -0.05) is 0 Å². The normalized spacial score (nSPS) is 10.2. The van der Waals surface area contributed by atoms with Crippen molar-refractivity contribution in [1.29, 1.82) is 0 Å². The van der Waals surface area contributed by atoms with Crippen LogP contribution in [-0.4, -0.2) is 15.7 Å². The van der Waals surface area contributed by atoms with Crippen LogP contribution < -0.4 is 0 Å². The van der Waals surface area contributed by atoms with E-state index >= 15 is 0 Å². The van der Waals surface area contributed by atoms with Gasteiger partial charge in [-0.05, 0) is 19.4 Å². The molecule has 105 valence electrons. The van der Waals surface area contributed by atoms with Crippen molar-refractivity contribution < 1.29 is 174 Å². The summed E-state index contributed by atoms with van der Waals surface area (Å²) in [6.07, 6.45) is 0.427. The molecule has 0 aromatic carbocycles. The number of hydroxylamine groups is 4. The van der Waals surface area contributed by atoms with E-state index in [-0.39, 0.29) is 164 Å². The van der Waals surface area contributed by atoms with Crippen molar-refractivity contribution in [1.82, 2.24) is 10.1 Å². The molecule has 9 heteroatoms. The molecule has 0 aliphatic carbocycles. The fraction of sp³-hybridized carbons (Fsp3) is 0.727. The maximum Gasteiger partial charge on any atom is 0 e. The standard InChI is InChI=1S/C11H21N2O2.5Y/c1-9(2)12(14)8-7-11(5,6)13(15)10(3)4;;;;;/h8H,7H2,1-6H3;;;;;/q-3;;;;;. The first-order chi connectivity index (χ1) is 6.68. The van der Waals surface area contributed by atoms with Crippen molar-refractivity contribution >= 4 is 0 Å². The molecule has 0 heterocycles. The van der Waals surface area contributed by atoms with Gasteiger partial charge in [-0.15, -0.1) is 6.42 Å². The van der Waals surface area contributed by atoms with Crippen molar-refractivity contribution in [2.24, 2.45) is 0 Å². The Labute approximate surface area is 250 Å². The second kappa shape index (κ2) is 20.7. The Morgan fingerprint density at radius 2 is 1.20 bits per heavy atom. The molecule has 0 saturated carbocycles. The number of hydrogen-bond acceptors (Lipinski definition) is 2. The van der Waals surface area contributed by atoms with Gasteiger partial charge in [-0.25, -0.2) is 6.04 Å². The Morgan fingerprint density at radius 1 is 0.850 bits per heavy atom. The third kappa shape index (κ3) is 18.2. The topological polar surface area (TPSA) is 46.3 Å². The minimum atomic E-state index is -0.572. The molecule has 0 aliphatic heterocycles. The maximum absolute atomic E-state index is 11.7. The molecule has 0 fully saturated rings. The Bertz CT molecular complexity index is 198. The number of rotatable bonds is 6. The zero-order chi connectivity index (χ0) is 12.2. The average molecular weight is 658 g/mol. The molecule has 4 nitrogen and oxygen atoms in total. The van der Waals surface area contributed by atoms with Crippen LogP contribution in [0, 0.1) is 18.6 Å². The van der Waals surface area contributed by atoms with Crippen LogP contribution in [0.5, 0.6) is 0 Å². The van der Waals surface area contributed by atoms with Gasteiger partial charge in [0.15, 0.2) is 0 Å². The first-order valence-electron chi connectivity index (χ1n) is 5.06. The number of nitrogens with zero attached hydrogens (tertiary/aromatic N) is 2. The van der Waals surface area contributed by atoms with Crippen LogP contribution in [0.15, 0.2) is 0 Å². The van der Waals surface area contributed by atoms with Gasteiger partial charge in [-0.3, -0.25) is 17.6 Å². The molecule has 0 atom stereocenters. The van der Waals surface area contributed by atoms with Gasteiger partial charge in [0.1, 0.15) is 0 Å². The summed E-state index contributed by atoms with van der Waals surface area (Å²) < 4.78 is 0. The third-order valence-corrected chi connectivity index (χ3v) is 2.15. The van der Waals surface area contributed by atoms with Crippen LogP contribution in [-0.2, 0) is 174 Å². The molecular formula is C11H21N2O2Y5-3. The Balaban J connectivity index is -0.0000000980. The molecule has 0 saturated heterocycles. The third-order valence-electron chi connectivity index (χ3n) is 2.15. The van der Waals surface area contributed by atoms with Crippen LogP contribution in [0.2, 0.25) is 0 Å². The Kier molecular flexibility index (Phi) is 41.5. The van der Waals surface area contributed by atoms with E-state index in [1.54, 1.807) is 27.7 Å². The second-order valence-electron chi connectivity index (χ2n) is 4.71. The molecule has 0 aromatic heterocycles. The molecular weight excluding hydrogens is 637 g/mol. The first kappa shape index (κ1) is 40.2. The van der Waals surface area contributed by atoms with E-state index < -0.39 is 5.54 Å². The van der Waals surface area contributed by atoms with Crippen molar-refractivity contribution in [2.45, 2.75) is 53.5 Å². The van der Waals surface area contributed by atoms with Gasteiger partial charge >= 0.3 is 0 Å². The minimum Gasteiger partial charge on any atom is -0.450 e. The zero-order valence-corrected chi connectivity index (χ0v) is 27.6. The summed E-state index contributed by atoms with van der Waals surface area (Å²) in [6.45, 7) is 12.2. The monoisotopic (exact) mass is 658 g/mol.